The highest BCUT2D eigenvalue weighted by Crippen LogP contribution is 2.44. The average Bonchev–Trinajstić information content (AvgIpc) is 3.68. The topological polar surface area (TPSA) is 198 Å². The summed E-state index contributed by atoms with van der Waals surface area (Å²) in [7, 11) is 1.52. The molecule has 15 nitrogen and oxygen atoms in total. The number of rotatable bonds is 17. The molecule has 5 amide bonds. The third-order valence-corrected chi connectivity index (χ3v) is 9.52. The summed E-state index contributed by atoms with van der Waals surface area (Å²) >= 11 is 0. The highest BCUT2D eigenvalue weighted by molar-refractivity contribution is 6.38. The Morgan fingerprint density at radius 2 is 1.63 bits per heavy atom. The second-order valence-electron chi connectivity index (χ2n) is 13.9. The van der Waals surface area contributed by atoms with Crippen molar-refractivity contribution < 1.29 is 38.2 Å². The van der Waals surface area contributed by atoms with Crippen LogP contribution in [0.1, 0.15) is 83.6 Å². The van der Waals surface area contributed by atoms with Crippen LogP contribution in [0, 0.1) is 23.7 Å². The second-order valence-corrected chi connectivity index (χ2v) is 13.9. The first-order chi connectivity index (χ1) is 23.4. The average molecular weight is 686 g/mol. The SMILES string of the molecule is CCC[C@H](NC(=O)[C@@H]1[C@H]2CC[C@@H](OCOC)[C@H]2CN1C(=O)[C@@H](NC(=O)[C@@H](NC(=O)c1cnccn1)C(C)C)C(C)C)C(=O)C(=O)NC1CC1. The van der Waals surface area contributed by atoms with Gasteiger partial charge in [0.25, 0.3) is 11.8 Å². The zero-order chi connectivity index (χ0) is 35.8. The van der Waals surface area contributed by atoms with E-state index in [4.69, 9.17) is 9.47 Å². The number of fused-ring (bicyclic) bond motifs is 1. The maximum Gasteiger partial charge on any atom is 0.289 e. The van der Waals surface area contributed by atoms with E-state index in [1.165, 1.54) is 30.6 Å². The molecule has 0 radical (unpaired) electrons. The largest absolute Gasteiger partial charge is 0.359 e. The van der Waals surface area contributed by atoms with Gasteiger partial charge in [0.1, 0.15) is 30.6 Å². The van der Waals surface area contributed by atoms with E-state index in [2.05, 4.69) is 31.2 Å². The summed E-state index contributed by atoms with van der Waals surface area (Å²) in [4.78, 5) is 90.3. The number of nitrogens with one attached hydrogen (secondary N) is 4. The number of nitrogens with zero attached hydrogens (tertiary/aromatic N) is 3. The van der Waals surface area contributed by atoms with Gasteiger partial charge in [-0.2, -0.15) is 0 Å². The summed E-state index contributed by atoms with van der Waals surface area (Å²) in [5, 5.41) is 11.1. The lowest BCUT2D eigenvalue weighted by molar-refractivity contribution is -0.145. The Morgan fingerprint density at radius 1 is 0.918 bits per heavy atom. The van der Waals surface area contributed by atoms with Gasteiger partial charge in [-0.3, -0.25) is 33.8 Å². The minimum Gasteiger partial charge on any atom is -0.359 e. The predicted molar refractivity (Wildman–Crippen MR) is 176 cm³/mol. The Balaban J connectivity index is 1.56. The molecule has 2 saturated carbocycles. The number of likely N-dealkylation sites (tertiary alicyclic amines) is 1. The Morgan fingerprint density at radius 3 is 2.22 bits per heavy atom. The van der Waals surface area contributed by atoms with Gasteiger partial charge in [0.15, 0.2) is 0 Å². The fourth-order valence-corrected chi connectivity index (χ4v) is 6.76. The number of Topliss-reactive ketones (excluding diaryl/α,β-unsaturated/α-hetero) is 1. The molecule has 1 aromatic heterocycles. The molecule has 0 spiro atoms. The van der Waals surface area contributed by atoms with E-state index in [9.17, 15) is 28.8 Å². The molecule has 2 heterocycles. The molecule has 2 aliphatic carbocycles. The number of aromatic nitrogens is 2. The van der Waals surface area contributed by atoms with Gasteiger partial charge in [0, 0.05) is 38.0 Å². The van der Waals surface area contributed by atoms with Gasteiger partial charge in [0.2, 0.25) is 23.5 Å². The smallest absolute Gasteiger partial charge is 0.289 e. The Bertz CT molecular complexity index is 1350. The molecular weight excluding hydrogens is 634 g/mol. The minimum absolute atomic E-state index is 0.0144. The van der Waals surface area contributed by atoms with Gasteiger partial charge in [-0.05, 0) is 49.9 Å². The highest BCUT2D eigenvalue weighted by Gasteiger charge is 2.55. The quantitative estimate of drug-likeness (QED) is 0.134. The fraction of sp³-hybridized carbons (Fsp3) is 0.706. The van der Waals surface area contributed by atoms with Crippen LogP contribution < -0.4 is 21.3 Å². The highest BCUT2D eigenvalue weighted by atomic mass is 16.7. The summed E-state index contributed by atoms with van der Waals surface area (Å²) in [5.74, 6) is -4.74. The molecule has 7 atom stereocenters. The van der Waals surface area contributed by atoms with Crippen molar-refractivity contribution in [3.8, 4) is 0 Å². The Hall–Kier alpha value is -3.98. The van der Waals surface area contributed by atoms with Gasteiger partial charge in [-0.15, -0.1) is 0 Å². The molecule has 3 fully saturated rings. The van der Waals surface area contributed by atoms with Crippen molar-refractivity contribution in [1.29, 1.82) is 0 Å². The van der Waals surface area contributed by atoms with E-state index in [-0.39, 0.29) is 61.3 Å². The first-order valence-corrected chi connectivity index (χ1v) is 17.3. The molecule has 1 saturated heterocycles. The van der Waals surface area contributed by atoms with Crippen LogP contribution in [0.5, 0.6) is 0 Å². The molecule has 1 aliphatic heterocycles. The van der Waals surface area contributed by atoms with Crippen molar-refractivity contribution in [2.24, 2.45) is 23.7 Å². The van der Waals surface area contributed by atoms with Crippen LogP contribution in [0.25, 0.3) is 0 Å². The lowest BCUT2D eigenvalue weighted by atomic mass is 9.92. The summed E-state index contributed by atoms with van der Waals surface area (Å²) in [5.41, 5.74) is 0.0463. The third kappa shape index (κ3) is 9.38. The summed E-state index contributed by atoms with van der Waals surface area (Å²) in [6.45, 7) is 9.23. The van der Waals surface area contributed by atoms with Crippen molar-refractivity contribution in [1.82, 2.24) is 36.1 Å². The number of methoxy groups -OCH3 is 1. The van der Waals surface area contributed by atoms with E-state index in [1.54, 1.807) is 27.7 Å². The minimum atomic E-state index is -1.04. The molecule has 15 heteroatoms. The van der Waals surface area contributed by atoms with E-state index in [0.29, 0.717) is 19.3 Å². The maximum atomic E-state index is 14.4. The van der Waals surface area contributed by atoms with Crippen molar-refractivity contribution in [2.75, 3.05) is 20.4 Å². The molecular formula is C34H51N7O8. The van der Waals surface area contributed by atoms with Crippen LogP contribution in [0.15, 0.2) is 18.6 Å². The van der Waals surface area contributed by atoms with Crippen LogP contribution in [0.4, 0.5) is 0 Å². The first kappa shape index (κ1) is 37.8. The molecule has 3 aliphatic rings. The van der Waals surface area contributed by atoms with Gasteiger partial charge in [0.05, 0.1) is 18.3 Å². The van der Waals surface area contributed by atoms with Crippen LogP contribution in [0.2, 0.25) is 0 Å². The number of ketones is 1. The Labute approximate surface area is 287 Å². The van der Waals surface area contributed by atoms with Gasteiger partial charge >= 0.3 is 0 Å². The summed E-state index contributed by atoms with van der Waals surface area (Å²) in [6.07, 6.45) is 7.54. The zero-order valence-corrected chi connectivity index (χ0v) is 29.3. The van der Waals surface area contributed by atoms with Crippen molar-refractivity contribution in [2.45, 2.75) is 109 Å². The molecule has 0 aromatic carbocycles. The molecule has 4 rings (SSSR count). The van der Waals surface area contributed by atoms with E-state index in [0.717, 1.165) is 12.8 Å². The second kappa shape index (κ2) is 17.1. The van der Waals surface area contributed by atoms with Crippen molar-refractivity contribution in [3.63, 3.8) is 0 Å². The third-order valence-electron chi connectivity index (χ3n) is 9.52. The van der Waals surface area contributed by atoms with Gasteiger partial charge in [-0.25, -0.2) is 4.98 Å². The number of hydrogen-bond donors (Lipinski definition) is 4. The maximum absolute atomic E-state index is 14.4. The monoisotopic (exact) mass is 685 g/mol. The van der Waals surface area contributed by atoms with Gasteiger partial charge in [-0.1, -0.05) is 41.0 Å². The molecule has 49 heavy (non-hydrogen) atoms. The zero-order valence-electron chi connectivity index (χ0n) is 29.3. The molecule has 0 unspecified atom stereocenters. The normalized spacial score (nSPS) is 23.4. The number of carbonyl (C=O) groups excluding carboxylic acids is 6. The van der Waals surface area contributed by atoms with E-state index in [1.807, 2.05) is 6.92 Å². The van der Waals surface area contributed by atoms with E-state index < -0.39 is 59.5 Å². The lowest BCUT2D eigenvalue weighted by Crippen LogP contribution is -2.60. The summed E-state index contributed by atoms with van der Waals surface area (Å²) < 4.78 is 11.1. The standard InChI is InChI=1S/C34H51N7O8/c1-7-8-23(29(42)33(46)37-20-9-10-20)38-32(45)28-21-11-12-25(49-17-48-6)22(21)16-41(28)34(47)27(19(4)5)40-31(44)26(18(2)3)39-30(43)24-15-35-13-14-36-24/h13-15,18-23,25-28H,7-12,16-17H2,1-6H3,(H,37,46)(H,38,45)(H,39,43)(H,40,44)/t21-,22-,23-,25+,26-,27-,28-/m0/s1. The van der Waals surface area contributed by atoms with Crippen LogP contribution in [-0.4, -0.2) is 107 Å². The molecule has 1 aromatic rings. The van der Waals surface area contributed by atoms with Crippen LogP contribution >= 0.6 is 0 Å². The fourth-order valence-electron chi connectivity index (χ4n) is 6.76. The van der Waals surface area contributed by atoms with Crippen LogP contribution in [0.3, 0.4) is 0 Å². The van der Waals surface area contributed by atoms with Crippen molar-refractivity contribution >= 4 is 35.3 Å². The summed E-state index contributed by atoms with van der Waals surface area (Å²) in [6, 6.07) is -4.04. The molecule has 0 bridgehead atoms. The number of amides is 5. The first-order valence-electron chi connectivity index (χ1n) is 17.3. The Kier molecular flexibility index (Phi) is 13.2. The lowest BCUT2D eigenvalue weighted by Gasteiger charge is -2.34. The number of ether oxygens (including phenoxy) is 2. The van der Waals surface area contributed by atoms with Crippen molar-refractivity contribution in [3.05, 3.63) is 24.3 Å². The van der Waals surface area contributed by atoms with Gasteiger partial charge < -0.3 is 35.6 Å². The number of carbonyl (C=O) groups is 6. The predicted octanol–water partition coefficient (Wildman–Crippen LogP) is 0.731. The molecule has 4 N–H and O–H groups in total. The number of hydrogen-bond acceptors (Lipinski definition) is 10. The van der Waals surface area contributed by atoms with E-state index >= 15 is 0 Å². The van der Waals surface area contributed by atoms with Crippen LogP contribution in [-0.2, 0) is 33.4 Å². The molecule has 270 valence electrons.